The van der Waals surface area contributed by atoms with Gasteiger partial charge in [-0.2, -0.15) is 0 Å². The van der Waals surface area contributed by atoms with Crippen LogP contribution in [0.5, 0.6) is 0 Å². The van der Waals surface area contributed by atoms with Crippen LogP contribution < -0.4 is 11.1 Å². The van der Waals surface area contributed by atoms with Crippen molar-refractivity contribution in [3.8, 4) is 0 Å². The summed E-state index contributed by atoms with van der Waals surface area (Å²) in [7, 11) is 0. The summed E-state index contributed by atoms with van der Waals surface area (Å²) in [6.07, 6.45) is 5.95. The van der Waals surface area contributed by atoms with Crippen LogP contribution in [0, 0.1) is 0 Å². The third-order valence-electron chi connectivity index (χ3n) is 4.72. The maximum Gasteiger partial charge on any atom is 0.0396 e. The summed E-state index contributed by atoms with van der Waals surface area (Å²) in [6.45, 7) is 5.14. The topological polar surface area (TPSA) is 38.0 Å². The molecule has 3 N–H and O–H groups in total. The predicted molar refractivity (Wildman–Crippen MR) is 76.8 cm³/mol. The van der Waals surface area contributed by atoms with E-state index in [9.17, 15) is 0 Å². The van der Waals surface area contributed by atoms with Gasteiger partial charge in [-0.1, -0.05) is 36.8 Å². The van der Waals surface area contributed by atoms with Crippen molar-refractivity contribution in [3.05, 3.63) is 42.0 Å². The quantitative estimate of drug-likeness (QED) is 0.782. The number of rotatable bonds is 2. The monoisotopic (exact) mass is 242 g/mol. The first-order valence-corrected chi connectivity index (χ1v) is 7.03. The van der Waals surface area contributed by atoms with Crippen molar-refractivity contribution in [1.82, 2.24) is 0 Å². The summed E-state index contributed by atoms with van der Waals surface area (Å²) >= 11 is 0. The molecule has 1 aliphatic heterocycles. The smallest absolute Gasteiger partial charge is 0.0396 e. The normalized spacial score (nSPS) is 30.3. The van der Waals surface area contributed by atoms with E-state index >= 15 is 0 Å². The molecule has 0 saturated heterocycles. The Kier molecular flexibility index (Phi) is 2.90. The molecule has 1 heterocycles. The molecule has 0 aromatic heterocycles. The Labute approximate surface area is 109 Å². The average molecular weight is 242 g/mol. The van der Waals surface area contributed by atoms with E-state index in [4.69, 9.17) is 5.73 Å². The van der Waals surface area contributed by atoms with Crippen molar-refractivity contribution in [2.45, 2.75) is 43.6 Å². The van der Waals surface area contributed by atoms with Crippen molar-refractivity contribution in [3.63, 3.8) is 0 Å². The number of nitrogens with two attached hydrogens (primary N) is 1. The van der Waals surface area contributed by atoms with Crippen LogP contribution in [-0.2, 0) is 5.41 Å². The van der Waals surface area contributed by atoms with Crippen molar-refractivity contribution in [2.24, 2.45) is 5.73 Å². The van der Waals surface area contributed by atoms with Gasteiger partial charge in [-0.25, -0.2) is 0 Å². The minimum absolute atomic E-state index is 0.0852. The van der Waals surface area contributed by atoms with Crippen LogP contribution in [0.25, 0.3) is 0 Å². The van der Waals surface area contributed by atoms with Gasteiger partial charge in [-0.05, 0) is 43.9 Å². The SMILES string of the molecule is C=C1CCCC[C@@H]2Nc3ccccc3[C@]12CCN. The summed E-state index contributed by atoms with van der Waals surface area (Å²) in [4.78, 5) is 0. The average Bonchev–Trinajstić information content (AvgIpc) is 2.62. The van der Waals surface area contributed by atoms with Gasteiger partial charge in [0, 0.05) is 17.1 Å². The summed E-state index contributed by atoms with van der Waals surface area (Å²) < 4.78 is 0. The Balaban J connectivity index is 2.14. The van der Waals surface area contributed by atoms with Gasteiger partial charge in [0.25, 0.3) is 0 Å². The van der Waals surface area contributed by atoms with Crippen molar-refractivity contribution < 1.29 is 0 Å². The van der Waals surface area contributed by atoms with Crippen LogP contribution in [0.15, 0.2) is 36.4 Å². The van der Waals surface area contributed by atoms with Crippen molar-refractivity contribution in [2.75, 3.05) is 11.9 Å². The lowest BCUT2D eigenvalue weighted by molar-refractivity contribution is 0.411. The van der Waals surface area contributed by atoms with Gasteiger partial charge in [0.05, 0.1) is 0 Å². The molecule has 96 valence electrons. The van der Waals surface area contributed by atoms with E-state index < -0.39 is 0 Å². The number of hydrogen-bond acceptors (Lipinski definition) is 2. The highest BCUT2D eigenvalue weighted by Gasteiger charge is 2.48. The molecule has 2 heteroatoms. The largest absolute Gasteiger partial charge is 0.381 e. The summed E-state index contributed by atoms with van der Waals surface area (Å²) in [5.74, 6) is 0. The fraction of sp³-hybridized carbons (Fsp3) is 0.500. The number of para-hydroxylation sites is 1. The van der Waals surface area contributed by atoms with Gasteiger partial charge < -0.3 is 11.1 Å². The molecule has 1 aromatic carbocycles. The van der Waals surface area contributed by atoms with Crippen molar-refractivity contribution in [1.29, 1.82) is 0 Å². The van der Waals surface area contributed by atoms with Crippen LogP contribution in [-0.4, -0.2) is 12.6 Å². The van der Waals surface area contributed by atoms with Gasteiger partial charge in [0.2, 0.25) is 0 Å². The van der Waals surface area contributed by atoms with E-state index in [1.807, 2.05) is 0 Å². The highest BCUT2D eigenvalue weighted by Crippen LogP contribution is 2.51. The molecule has 1 saturated carbocycles. The van der Waals surface area contributed by atoms with E-state index in [1.165, 1.54) is 36.1 Å². The predicted octanol–water partition coefficient (Wildman–Crippen LogP) is 3.20. The highest BCUT2D eigenvalue weighted by atomic mass is 15.0. The zero-order valence-electron chi connectivity index (χ0n) is 10.9. The molecule has 3 rings (SSSR count). The van der Waals surface area contributed by atoms with Crippen molar-refractivity contribution >= 4 is 5.69 Å². The third kappa shape index (κ3) is 1.52. The molecule has 2 atom stereocenters. The van der Waals surface area contributed by atoms with E-state index in [1.54, 1.807) is 0 Å². The number of nitrogens with one attached hydrogen (secondary N) is 1. The maximum atomic E-state index is 5.91. The minimum Gasteiger partial charge on any atom is -0.381 e. The second-order valence-corrected chi connectivity index (χ2v) is 5.60. The van der Waals surface area contributed by atoms with Crippen LogP contribution in [0.4, 0.5) is 5.69 Å². The first-order valence-electron chi connectivity index (χ1n) is 7.03. The lowest BCUT2D eigenvalue weighted by Crippen LogP contribution is -2.41. The number of hydrogen-bond donors (Lipinski definition) is 2. The molecule has 2 aliphatic rings. The van der Waals surface area contributed by atoms with Crippen LogP contribution >= 0.6 is 0 Å². The van der Waals surface area contributed by atoms with Gasteiger partial charge >= 0.3 is 0 Å². The standard InChI is InChI=1S/C16H22N2/c1-12-6-2-5-9-15-16(12,10-11-17)13-7-3-4-8-14(13)18-15/h3-4,7-8,15,18H,1-2,5-6,9-11,17H2/t15-,16-/m0/s1. The second kappa shape index (κ2) is 4.43. The molecule has 1 fully saturated rings. The molecule has 0 spiro atoms. The van der Waals surface area contributed by atoms with E-state index in [2.05, 4.69) is 36.2 Å². The maximum absolute atomic E-state index is 5.91. The summed E-state index contributed by atoms with van der Waals surface area (Å²) in [6, 6.07) is 9.19. The third-order valence-corrected chi connectivity index (χ3v) is 4.72. The van der Waals surface area contributed by atoms with Crippen LogP contribution in [0.3, 0.4) is 0 Å². The highest BCUT2D eigenvalue weighted by molar-refractivity contribution is 5.65. The van der Waals surface area contributed by atoms with E-state index in [-0.39, 0.29) is 5.41 Å². The zero-order valence-corrected chi connectivity index (χ0v) is 10.9. The minimum atomic E-state index is 0.0852. The summed E-state index contributed by atoms with van der Waals surface area (Å²) in [5.41, 5.74) is 10.1. The number of anilines is 1. The Bertz CT molecular complexity index is 466. The first kappa shape index (κ1) is 11.8. The summed E-state index contributed by atoms with van der Waals surface area (Å²) in [5, 5.41) is 3.72. The molecule has 1 aliphatic carbocycles. The van der Waals surface area contributed by atoms with Gasteiger partial charge in [-0.3, -0.25) is 0 Å². The Morgan fingerprint density at radius 2 is 2.17 bits per heavy atom. The van der Waals surface area contributed by atoms with Gasteiger partial charge in [0.1, 0.15) is 0 Å². The molecule has 1 aromatic rings. The van der Waals surface area contributed by atoms with Crippen LogP contribution in [0.2, 0.25) is 0 Å². The van der Waals surface area contributed by atoms with Crippen LogP contribution in [0.1, 0.15) is 37.7 Å². The molecular formula is C16H22N2. The van der Waals surface area contributed by atoms with E-state index in [0.717, 1.165) is 19.4 Å². The lowest BCUT2D eigenvalue weighted by Gasteiger charge is -2.36. The Morgan fingerprint density at radius 1 is 1.33 bits per heavy atom. The molecule has 18 heavy (non-hydrogen) atoms. The molecule has 0 unspecified atom stereocenters. The van der Waals surface area contributed by atoms with Gasteiger partial charge in [-0.15, -0.1) is 0 Å². The fourth-order valence-corrected chi connectivity index (χ4v) is 3.88. The molecule has 0 radical (unpaired) electrons. The zero-order chi connectivity index (χ0) is 12.6. The molecule has 2 nitrogen and oxygen atoms in total. The first-order chi connectivity index (χ1) is 8.79. The fourth-order valence-electron chi connectivity index (χ4n) is 3.88. The Morgan fingerprint density at radius 3 is 3.00 bits per heavy atom. The number of benzene rings is 1. The molecule has 0 bridgehead atoms. The van der Waals surface area contributed by atoms with Gasteiger partial charge in [0.15, 0.2) is 0 Å². The Hall–Kier alpha value is -1.28. The second-order valence-electron chi connectivity index (χ2n) is 5.60. The lowest BCUT2D eigenvalue weighted by atomic mass is 9.68. The van der Waals surface area contributed by atoms with E-state index in [0.29, 0.717) is 6.04 Å². The molecular weight excluding hydrogens is 220 g/mol. The number of fused-ring (bicyclic) bond motifs is 3. The molecule has 0 amide bonds.